The van der Waals surface area contributed by atoms with Gasteiger partial charge in [-0.15, -0.1) is 11.3 Å². The molecule has 2 aromatic rings. The summed E-state index contributed by atoms with van der Waals surface area (Å²) in [7, 11) is 1.49. The van der Waals surface area contributed by atoms with Gasteiger partial charge in [-0.1, -0.05) is 0 Å². The number of methoxy groups -OCH3 is 1. The number of aliphatic carboxylic acids is 1. The Bertz CT molecular complexity index is 600. The molecule has 5 nitrogen and oxygen atoms in total. The normalized spacial score (nSPS) is 10.2. The highest BCUT2D eigenvalue weighted by atomic mass is 32.1. The number of carboxylic acids is 1. The van der Waals surface area contributed by atoms with Gasteiger partial charge in [-0.05, 0) is 12.1 Å². The van der Waals surface area contributed by atoms with Crippen molar-refractivity contribution >= 4 is 28.1 Å². The number of halogens is 1. The summed E-state index contributed by atoms with van der Waals surface area (Å²) < 4.78 is 18.6. The minimum atomic E-state index is -0.954. The number of carboxylic acid groups (broad SMARTS) is 1. The zero-order chi connectivity index (χ0) is 13.8. The number of thiazole rings is 1. The van der Waals surface area contributed by atoms with E-state index in [-0.39, 0.29) is 12.1 Å². The van der Waals surface area contributed by atoms with Gasteiger partial charge in [0.25, 0.3) is 0 Å². The molecule has 7 heteroatoms. The molecule has 1 heterocycles. The molecule has 0 atom stereocenters. The van der Waals surface area contributed by atoms with Gasteiger partial charge in [0, 0.05) is 11.4 Å². The number of nitrogens with one attached hydrogen (secondary N) is 1. The number of nitrogens with zero attached hydrogens (tertiary/aromatic N) is 1. The molecule has 2 N–H and O–H groups in total. The summed E-state index contributed by atoms with van der Waals surface area (Å²) in [5, 5.41) is 13.5. The van der Waals surface area contributed by atoms with Gasteiger partial charge in [0.15, 0.2) is 5.13 Å². The van der Waals surface area contributed by atoms with Crippen LogP contribution >= 0.6 is 11.3 Å². The largest absolute Gasteiger partial charge is 0.497 e. The molecule has 2 rings (SSSR count). The van der Waals surface area contributed by atoms with E-state index >= 15 is 0 Å². The molecule has 0 saturated heterocycles. The van der Waals surface area contributed by atoms with E-state index in [4.69, 9.17) is 9.84 Å². The molecule has 19 heavy (non-hydrogen) atoms. The molecule has 0 aliphatic heterocycles. The first-order chi connectivity index (χ1) is 9.08. The van der Waals surface area contributed by atoms with Crippen molar-refractivity contribution in [2.24, 2.45) is 0 Å². The number of rotatable bonds is 5. The zero-order valence-corrected chi connectivity index (χ0v) is 10.8. The van der Waals surface area contributed by atoms with Gasteiger partial charge < -0.3 is 15.2 Å². The minimum Gasteiger partial charge on any atom is -0.497 e. The summed E-state index contributed by atoms with van der Waals surface area (Å²) in [5.41, 5.74) is 0.666. The van der Waals surface area contributed by atoms with Crippen LogP contribution in [0.2, 0.25) is 0 Å². The van der Waals surface area contributed by atoms with Crippen molar-refractivity contribution in [1.29, 1.82) is 0 Å². The molecule has 1 aromatic carbocycles. The summed E-state index contributed by atoms with van der Waals surface area (Å²) in [6, 6.07) is 4.30. The van der Waals surface area contributed by atoms with Crippen molar-refractivity contribution in [1.82, 2.24) is 4.98 Å². The van der Waals surface area contributed by atoms with E-state index in [1.807, 2.05) is 0 Å². The summed E-state index contributed by atoms with van der Waals surface area (Å²) in [5.74, 6) is -0.869. The number of hydrogen-bond acceptors (Lipinski definition) is 5. The maximum absolute atomic E-state index is 13.6. The number of anilines is 2. The molecule has 0 aliphatic carbocycles. The van der Waals surface area contributed by atoms with Gasteiger partial charge in [-0.2, -0.15) is 0 Å². The second kappa shape index (κ2) is 5.66. The third-order valence-electron chi connectivity index (χ3n) is 2.30. The number of aromatic nitrogens is 1. The average molecular weight is 282 g/mol. The van der Waals surface area contributed by atoms with E-state index in [0.29, 0.717) is 16.6 Å². The predicted octanol–water partition coefficient (Wildman–Crippen LogP) is 2.66. The Hall–Kier alpha value is -2.15. The van der Waals surface area contributed by atoms with Crippen LogP contribution in [0.5, 0.6) is 5.75 Å². The van der Waals surface area contributed by atoms with Crippen molar-refractivity contribution in [2.75, 3.05) is 12.4 Å². The standard InChI is InChI=1S/C12H11FN2O3S/c1-18-8-2-3-9(13)10(5-8)15-12-14-7(6-19-12)4-11(16)17/h2-3,5-6H,4H2,1H3,(H,14,15)(H,16,17). The van der Waals surface area contributed by atoms with Crippen molar-refractivity contribution in [3.63, 3.8) is 0 Å². The van der Waals surface area contributed by atoms with Gasteiger partial charge >= 0.3 is 5.97 Å². The maximum atomic E-state index is 13.6. The van der Waals surface area contributed by atoms with E-state index in [0.717, 1.165) is 0 Å². The van der Waals surface area contributed by atoms with Crippen molar-refractivity contribution in [2.45, 2.75) is 6.42 Å². The summed E-state index contributed by atoms with van der Waals surface area (Å²) in [6.45, 7) is 0. The van der Waals surface area contributed by atoms with Crippen LogP contribution in [0.3, 0.4) is 0 Å². The molecule has 0 spiro atoms. The monoisotopic (exact) mass is 282 g/mol. The molecule has 0 saturated carbocycles. The lowest BCUT2D eigenvalue weighted by molar-refractivity contribution is -0.136. The Morgan fingerprint density at radius 3 is 3.05 bits per heavy atom. The molecule has 100 valence electrons. The van der Waals surface area contributed by atoms with Crippen molar-refractivity contribution in [3.8, 4) is 5.75 Å². The Balaban J connectivity index is 2.16. The second-order valence-corrected chi connectivity index (χ2v) is 4.54. The van der Waals surface area contributed by atoms with Crippen molar-refractivity contribution < 1.29 is 19.0 Å². The molecular weight excluding hydrogens is 271 g/mol. The molecule has 0 bridgehead atoms. The number of benzene rings is 1. The first-order valence-corrected chi connectivity index (χ1v) is 6.23. The number of hydrogen-bond donors (Lipinski definition) is 2. The van der Waals surface area contributed by atoms with Crippen LogP contribution in [-0.4, -0.2) is 23.2 Å². The third-order valence-corrected chi connectivity index (χ3v) is 3.11. The second-order valence-electron chi connectivity index (χ2n) is 3.69. The van der Waals surface area contributed by atoms with E-state index < -0.39 is 11.8 Å². The Labute approximate surface area is 112 Å². The molecule has 1 aromatic heterocycles. The van der Waals surface area contributed by atoms with E-state index in [1.54, 1.807) is 5.38 Å². The quantitative estimate of drug-likeness (QED) is 0.882. The van der Waals surface area contributed by atoms with Crippen LogP contribution in [0, 0.1) is 5.82 Å². The number of carbonyl (C=O) groups is 1. The van der Waals surface area contributed by atoms with E-state index in [1.165, 1.54) is 36.6 Å². The maximum Gasteiger partial charge on any atom is 0.309 e. The molecule has 0 amide bonds. The summed E-state index contributed by atoms with van der Waals surface area (Å²) in [6.07, 6.45) is -0.154. The Kier molecular flexibility index (Phi) is 3.96. The molecule has 0 unspecified atom stereocenters. The first kappa shape index (κ1) is 13.3. The van der Waals surface area contributed by atoms with E-state index in [2.05, 4.69) is 10.3 Å². The fraction of sp³-hybridized carbons (Fsp3) is 0.167. The van der Waals surface area contributed by atoms with Gasteiger partial charge in [0.2, 0.25) is 0 Å². The highest BCUT2D eigenvalue weighted by Gasteiger charge is 2.09. The molecule has 0 fully saturated rings. The smallest absolute Gasteiger partial charge is 0.309 e. The van der Waals surface area contributed by atoms with Gasteiger partial charge in [-0.25, -0.2) is 9.37 Å². The zero-order valence-electron chi connectivity index (χ0n) is 10.0. The van der Waals surface area contributed by atoms with Crippen LogP contribution < -0.4 is 10.1 Å². The lowest BCUT2D eigenvalue weighted by Crippen LogP contribution is -2.00. The average Bonchev–Trinajstić information content (AvgIpc) is 2.78. The lowest BCUT2D eigenvalue weighted by Gasteiger charge is -2.06. The van der Waals surface area contributed by atoms with Crippen molar-refractivity contribution in [3.05, 3.63) is 35.1 Å². The van der Waals surface area contributed by atoms with Crippen LogP contribution in [0.15, 0.2) is 23.6 Å². The number of ether oxygens (including phenoxy) is 1. The Morgan fingerprint density at radius 2 is 2.37 bits per heavy atom. The minimum absolute atomic E-state index is 0.154. The topological polar surface area (TPSA) is 71.5 Å². The Morgan fingerprint density at radius 1 is 1.58 bits per heavy atom. The van der Waals surface area contributed by atoms with Crippen LogP contribution in [-0.2, 0) is 11.2 Å². The predicted molar refractivity (Wildman–Crippen MR) is 69.7 cm³/mol. The van der Waals surface area contributed by atoms with Gasteiger partial charge in [-0.3, -0.25) is 4.79 Å². The van der Waals surface area contributed by atoms with Crippen LogP contribution in [0.4, 0.5) is 15.2 Å². The highest BCUT2D eigenvalue weighted by molar-refractivity contribution is 7.13. The van der Waals surface area contributed by atoms with Gasteiger partial charge in [0.1, 0.15) is 11.6 Å². The van der Waals surface area contributed by atoms with Crippen LogP contribution in [0.25, 0.3) is 0 Å². The van der Waals surface area contributed by atoms with Crippen LogP contribution in [0.1, 0.15) is 5.69 Å². The summed E-state index contributed by atoms with van der Waals surface area (Å²) in [4.78, 5) is 14.6. The van der Waals surface area contributed by atoms with E-state index in [9.17, 15) is 9.18 Å². The van der Waals surface area contributed by atoms with Gasteiger partial charge in [0.05, 0.1) is 24.9 Å². The molecule has 0 radical (unpaired) electrons. The molecular formula is C12H11FN2O3S. The lowest BCUT2D eigenvalue weighted by atomic mass is 10.3. The fourth-order valence-electron chi connectivity index (χ4n) is 1.44. The fourth-order valence-corrected chi connectivity index (χ4v) is 2.17. The summed E-state index contributed by atoms with van der Waals surface area (Å²) >= 11 is 1.22. The SMILES string of the molecule is COc1ccc(F)c(Nc2nc(CC(=O)O)cs2)c1. The third kappa shape index (κ3) is 3.41. The molecule has 0 aliphatic rings. The highest BCUT2D eigenvalue weighted by Crippen LogP contribution is 2.26. The first-order valence-electron chi connectivity index (χ1n) is 5.35.